The number of carbonyl (C=O) groups is 1. The second-order valence-corrected chi connectivity index (χ2v) is 6.42. The summed E-state index contributed by atoms with van der Waals surface area (Å²) in [4.78, 5) is 27.3. The summed E-state index contributed by atoms with van der Waals surface area (Å²) >= 11 is 1.41. The van der Waals surface area contributed by atoms with Gasteiger partial charge in [-0.05, 0) is 12.1 Å². The van der Waals surface area contributed by atoms with Gasteiger partial charge in [-0.3, -0.25) is 14.9 Å². The van der Waals surface area contributed by atoms with Gasteiger partial charge in [-0.15, -0.1) is 11.3 Å². The number of amides is 1. The van der Waals surface area contributed by atoms with Gasteiger partial charge in [-0.1, -0.05) is 12.1 Å². The topological polar surface area (TPSA) is 104 Å². The summed E-state index contributed by atoms with van der Waals surface area (Å²) in [7, 11) is 1.17. The predicted octanol–water partition coefficient (Wildman–Crippen LogP) is 4.58. The molecule has 0 spiro atoms. The fraction of sp³-hybridized carbons (Fsp3) is 0.111. The van der Waals surface area contributed by atoms with Gasteiger partial charge in [0.15, 0.2) is 11.5 Å². The number of nitrogens with one attached hydrogen (secondary N) is 1. The maximum atomic E-state index is 12.7. The Morgan fingerprint density at radius 3 is 2.69 bits per heavy atom. The Balaban J connectivity index is 1.94. The van der Waals surface area contributed by atoms with Crippen molar-refractivity contribution in [3.05, 3.63) is 63.7 Å². The molecule has 3 rings (SSSR count). The minimum absolute atomic E-state index is 0.238. The van der Waals surface area contributed by atoms with Crippen molar-refractivity contribution in [2.45, 2.75) is 6.61 Å². The van der Waals surface area contributed by atoms with Crippen LogP contribution in [0.5, 0.6) is 11.5 Å². The highest BCUT2D eigenvalue weighted by Crippen LogP contribution is 2.36. The van der Waals surface area contributed by atoms with E-state index in [0.29, 0.717) is 5.69 Å². The SMILES string of the molecule is COc1cc(C(=O)Nc2cccc(-c3nccs3)c2)c([N+](=O)[O-])cc1OC(F)F. The third-order valence-corrected chi connectivity index (χ3v) is 4.56. The second-order valence-electron chi connectivity index (χ2n) is 5.53. The van der Waals surface area contributed by atoms with Crippen molar-refractivity contribution < 1.29 is 28.0 Å². The number of alkyl halides is 2. The first-order chi connectivity index (χ1) is 13.9. The number of aromatic nitrogens is 1. The molecule has 0 bridgehead atoms. The average molecular weight is 421 g/mol. The molecule has 0 saturated heterocycles. The van der Waals surface area contributed by atoms with Crippen LogP contribution < -0.4 is 14.8 Å². The maximum Gasteiger partial charge on any atom is 0.387 e. The summed E-state index contributed by atoms with van der Waals surface area (Å²) in [6.45, 7) is -3.21. The molecule has 0 fully saturated rings. The maximum absolute atomic E-state index is 12.7. The van der Waals surface area contributed by atoms with Gasteiger partial charge in [0.1, 0.15) is 10.6 Å². The van der Waals surface area contributed by atoms with Gasteiger partial charge >= 0.3 is 6.61 Å². The Bertz CT molecular complexity index is 1040. The minimum atomic E-state index is -3.21. The first-order valence-corrected chi connectivity index (χ1v) is 8.89. The largest absolute Gasteiger partial charge is 0.493 e. The molecule has 1 heterocycles. The molecule has 1 aromatic heterocycles. The number of ether oxygens (including phenoxy) is 2. The van der Waals surface area contributed by atoms with Crippen molar-refractivity contribution in [1.82, 2.24) is 4.98 Å². The number of rotatable bonds is 7. The normalized spacial score (nSPS) is 10.6. The summed E-state index contributed by atoms with van der Waals surface area (Å²) in [5, 5.41) is 16.5. The number of halogens is 2. The van der Waals surface area contributed by atoms with Gasteiger partial charge in [-0.25, -0.2) is 4.98 Å². The molecule has 29 heavy (non-hydrogen) atoms. The lowest BCUT2D eigenvalue weighted by Gasteiger charge is -2.12. The minimum Gasteiger partial charge on any atom is -0.493 e. The summed E-state index contributed by atoms with van der Waals surface area (Å²) in [5.74, 6) is -1.59. The van der Waals surface area contributed by atoms with Gasteiger partial charge in [0.05, 0.1) is 18.1 Å². The molecule has 0 unspecified atom stereocenters. The number of benzene rings is 2. The Hall–Kier alpha value is -3.60. The highest BCUT2D eigenvalue weighted by molar-refractivity contribution is 7.13. The summed E-state index contributed by atoms with van der Waals surface area (Å²) < 4.78 is 34.2. The Labute approximate surface area is 166 Å². The van der Waals surface area contributed by atoms with Crippen LogP contribution in [0.25, 0.3) is 10.6 Å². The van der Waals surface area contributed by atoms with E-state index in [0.717, 1.165) is 22.7 Å². The number of nitro groups is 1. The third kappa shape index (κ3) is 4.63. The molecule has 11 heteroatoms. The first-order valence-electron chi connectivity index (χ1n) is 8.01. The van der Waals surface area contributed by atoms with Crippen LogP contribution in [0.4, 0.5) is 20.2 Å². The van der Waals surface area contributed by atoms with Crippen LogP contribution in [0, 0.1) is 10.1 Å². The van der Waals surface area contributed by atoms with Crippen molar-refractivity contribution in [1.29, 1.82) is 0 Å². The lowest BCUT2D eigenvalue weighted by atomic mass is 10.1. The van der Waals surface area contributed by atoms with E-state index in [1.807, 2.05) is 0 Å². The molecule has 2 aromatic carbocycles. The van der Waals surface area contributed by atoms with Crippen molar-refractivity contribution >= 4 is 28.6 Å². The predicted molar refractivity (Wildman–Crippen MR) is 102 cm³/mol. The van der Waals surface area contributed by atoms with Gasteiger partial charge in [0.2, 0.25) is 0 Å². The molecule has 3 aromatic rings. The molecule has 150 valence electrons. The third-order valence-electron chi connectivity index (χ3n) is 3.74. The zero-order valence-corrected chi connectivity index (χ0v) is 15.6. The molecule has 1 N–H and O–H groups in total. The molecule has 0 atom stereocenters. The Morgan fingerprint density at radius 2 is 2.07 bits per heavy atom. The highest BCUT2D eigenvalue weighted by atomic mass is 32.1. The molecule has 8 nitrogen and oxygen atoms in total. The van der Waals surface area contributed by atoms with Crippen LogP contribution in [0.1, 0.15) is 10.4 Å². The molecular weight excluding hydrogens is 408 g/mol. The van der Waals surface area contributed by atoms with Gasteiger partial charge in [-0.2, -0.15) is 8.78 Å². The molecule has 0 radical (unpaired) electrons. The smallest absolute Gasteiger partial charge is 0.387 e. The molecule has 0 aliphatic rings. The molecule has 0 aliphatic heterocycles. The molecule has 0 aliphatic carbocycles. The van der Waals surface area contributed by atoms with Crippen LogP contribution in [-0.2, 0) is 0 Å². The lowest BCUT2D eigenvalue weighted by molar-refractivity contribution is -0.385. The van der Waals surface area contributed by atoms with E-state index in [-0.39, 0.29) is 11.3 Å². The van der Waals surface area contributed by atoms with E-state index >= 15 is 0 Å². The van der Waals surface area contributed by atoms with Crippen LogP contribution >= 0.6 is 11.3 Å². The Morgan fingerprint density at radius 1 is 1.28 bits per heavy atom. The van der Waals surface area contributed by atoms with Crippen molar-refractivity contribution in [2.75, 3.05) is 12.4 Å². The number of nitrogens with zero attached hydrogens (tertiary/aromatic N) is 2. The molecule has 0 saturated carbocycles. The van der Waals surface area contributed by atoms with Gasteiger partial charge in [0.25, 0.3) is 11.6 Å². The standard InChI is InChI=1S/C18H13F2N3O5S/c1-27-14-8-12(13(23(25)26)9-15(14)28-18(19)20)16(24)22-11-4-2-3-10(7-11)17-21-5-6-29-17/h2-9,18H,1H3,(H,22,24). The van der Waals surface area contributed by atoms with Crippen LogP contribution in [-0.4, -0.2) is 29.5 Å². The van der Waals surface area contributed by atoms with Crippen molar-refractivity contribution in [2.24, 2.45) is 0 Å². The zero-order valence-electron chi connectivity index (χ0n) is 14.8. The molecule has 1 amide bonds. The number of methoxy groups -OCH3 is 1. The number of thiazole rings is 1. The first kappa shape index (κ1) is 20.1. The quantitative estimate of drug-likeness (QED) is 0.442. The van der Waals surface area contributed by atoms with E-state index in [1.165, 1.54) is 18.4 Å². The van der Waals surface area contributed by atoms with Crippen molar-refractivity contribution in [3.63, 3.8) is 0 Å². The van der Waals surface area contributed by atoms with Crippen LogP contribution in [0.15, 0.2) is 48.0 Å². The van der Waals surface area contributed by atoms with E-state index in [2.05, 4.69) is 15.0 Å². The number of hydrogen-bond donors (Lipinski definition) is 1. The van der Waals surface area contributed by atoms with Gasteiger partial charge in [0, 0.05) is 28.9 Å². The summed E-state index contributed by atoms with van der Waals surface area (Å²) in [6, 6.07) is 8.47. The zero-order chi connectivity index (χ0) is 21.0. The van der Waals surface area contributed by atoms with Crippen LogP contribution in [0.3, 0.4) is 0 Å². The van der Waals surface area contributed by atoms with Crippen LogP contribution in [0.2, 0.25) is 0 Å². The number of nitro benzene ring substituents is 1. The Kier molecular flexibility index (Phi) is 5.98. The van der Waals surface area contributed by atoms with Crippen molar-refractivity contribution in [3.8, 4) is 22.1 Å². The fourth-order valence-electron chi connectivity index (χ4n) is 2.52. The van der Waals surface area contributed by atoms with Gasteiger partial charge < -0.3 is 14.8 Å². The fourth-order valence-corrected chi connectivity index (χ4v) is 3.16. The average Bonchev–Trinajstić information content (AvgIpc) is 3.22. The monoisotopic (exact) mass is 421 g/mol. The number of anilines is 1. The highest BCUT2D eigenvalue weighted by Gasteiger charge is 2.26. The summed E-state index contributed by atoms with van der Waals surface area (Å²) in [6.07, 6.45) is 1.64. The van der Waals surface area contributed by atoms with E-state index in [9.17, 15) is 23.7 Å². The second kappa shape index (κ2) is 8.61. The van der Waals surface area contributed by atoms with E-state index in [4.69, 9.17) is 4.74 Å². The number of hydrogen-bond acceptors (Lipinski definition) is 7. The number of carbonyl (C=O) groups excluding carboxylic acids is 1. The van der Waals surface area contributed by atoms with E-state index < -0.39 is 28.9 Å². The lowest BCUT2D eigenvalue weighted by Crippen LogP contribution is -2.15. The molecular formula is C18H13F2N3O5S. The van der Waals surface area contributed by atoms with E-state index in [1.54, 1.807) is 35.8 Å². The summed E-state index contributed by atoms with van der Waals surface area (Å²) in [5.41, 5.74) is 0.0672.